The van der Waals surface area contributed by atoms with E-state index in [1.165, 1.54) is 46.9 Å². The Morgan fingerprint density at radius 1 is 1.20 bits per heavy atom. The molecule has 0 bridgehead atoms. The third-order valence-corrected chi connectivity index (χ3v) is 10.5. The van der Waals surface area contributed by atoms with E-state index in [4.69, 9.17) is 4.74 Å². The summed E-state index contributed by atoms with van der Waals surface area (Å²) < 4.78 is 22.1. The molecule has 238 valence electrons. The number of fused-ring (bicyclic) bond motifs is 2. The molecule has 2 atom stereocenters. The van der Waals surface area contributed by atoms with Gasteiger partial charge in [-0.3, -0.25) is 19.3 Å². The number of carboxylic acid groups (broad SMARTS) is 1. The van der Waals surface area contributed by atoms with Crippen LogP contribution >= 0.6 is 23.5 Å². The molecule has 3 aliphatic heterocycles. The van der Waals surface area contributed by atoms with E-state index >= 15 is 4.39 Å². The summed E-state index contributed by atoms with van der Waals surface area (Å²) in [6.45, 7) is 8.23. The van der Waals surface area contributed by atoms with Crippen molar-refractivity contribution in [2.75, 3.05) is 49.1 Å². The number of anilines is 1. The van der Waals surface area contributed by atoms with Crippen LogP contribution in [0.2, 0.25) is 0 Å². The molecule has 1 aromatic carbocycles. The van der Waals surface area contributed by atoms with Gasteiger partial charge < -0.3 is 29.5 Å². The van der Waals surface area contributed by atoms with E-state index in [1.807, 2.05) is 11.8 Å². The number of rotatable bonds is 9. The lowest BCUT2D eigenvalue weighted by Gasteiger charge is -2.49. The van der Waals surface area contributed by atoms with Crippen LogP contribution in [0.15, 0.2) is 45.8 Å². The van der Waals surface area contributed by atoms with Gasteiger partial charge in [0.1, 0.15) is 27.8 Å². The Labute approximate surface area is 264 Å². The van der Waals surface area contributed by atoms with Crippen molar-refractivity contribution in [3.63, 3.8) is 0 Å². The molecule has 0 aliphatic carbocycles. The molecule has 1 unspecified atom stereocenters. The number of H-pyrrole nitrogens is 1. The first-order chi connectivity index (χ1) is 21.7. The summed E-state index contributed by atoms with van der Waals surface area (Å²) >= 11 is 2.63. The van der Waals surface area contributed by atoms with E-state index in [0.29, 0.717) is 52.9 Å². The Morgan fingerprint density at radius 2 is 1.98 bits per heavy atom. The Morgan fingerprint density at radius 3 is 2.64 bits per heavy atom. The van der Waals surface area contributed by atoms with Gasteiger partial charge in [-0.2, -0.15) is 10.3 Å². The molecule has 45 heavy (non-hydrogen) atoms. The maximum Gasteiger partial charge on any atom is 0.512 e. The second-order valence-electron chi connectivity index (χ2n) is 10.6. The first-order valence-electron chi connectivity index (χ1n) is 14.4. The first-order valence-corrected chi connectivity index (χ1v) is 16.4. The van der Waals surface area contributed by atoms with Gasteiger partial charge in [0, 0.05) is 61.4 Å². The van der Waals surface area contributed by atoms with E-state index < -0.39 is 40.6 Å². The van der Waals surface area contributed by atoms with Crippen molar-refractivity contribution in [1.82, 2.24) is 35.1 Å². The number of carbonyl (C=O) groups excluding carboxylic acids is 2. The van der Waals surface area contributed by atoms with Crippen LogP contribution in [0.1, 0.15) is 24.2 Å². The van der Waals surface area contributed by atoms with Crippen LogP contribution in [-0.2, 0) is 16.1 Å². The summed E-state index contributed by atoms with van der Waals surface area (Å²) in [5.74, 6) is -1.35. The number of hydrogen-bond donors (Lipinski definition) is 3. The number of pyridine rings is 1. The Bertz CT molecular complexity index is 1740. The molecule has 2 fully saturated rings. The zero-order valence-corrected chi connectivity index (χ0v) is 26.1. The summed E-state index contributed by atoms with van der Waals surface area (Å²) in [6.07, 6.45) is 1.38. The van der Waals surface area contributed by atoms with Crippen molar-refractivity contribution >= 4 is 58.1 Å². The molecule has 2 saturated heterocycles. The van der Waals surface area contributed by atoms with E-state index in [2.05, 4.69) is 32.6 Å². The maximum atomic E-state index is 15.4. The smallest absolute Gasteiger partial charge is 0.449 e. The van der Waals surface area contributed by atoms with E-state index in [-0.39, 0.29) is 16.8 Å². The fourth-order valence-corrected chi connectivity index (χ4v) is 7.95. The Hall–Kier alpha value is -4.09. The number of likely N-dealkylation sites (N-methyl/N-ethyl adjacent to an activating group) is 1. The van der Waals surface area contributed by atoms with Crippen molar-refractivity contribution in [3.05, 3.63) is 57.6 Å². The highest BCUT2D eigenvalue weighted by Gasteiger charge is 2.54. The fourth-order valence-electron chi connectivity index (χ4n) is 5.72. The lowest BCUT2D eigenvalue weighted by molar-refractivity contribution is -0.145. The minimum absolute atomic E-state index is 0.0703. The van der Waals surface area contributed by atoms with Gasteiger partial charge in [0.25, 0.3) is 11.8 Å². The maximum absolute atomic E-state index is 15.4. The zero-order valence-electron chi connectivity index (χ0n) is 24.5. The quantitative estimate of drug-likeness (QED) is 0.175. The number of aromatic nitrogens is 4. The zero-order chi connectivity index (χ0) is 31.8. The number of benzene rings is 1. The number of carbonyl (C=O) groups is 3. The summed E-state index contributed by atoms with van der Waals surface area (Å²) in [6, 6.07) is 1.83. The SMILES string of the molecule is CCN1CCN(c2cc3c(cc2F)c(=O)c(C(=O)NC2C(=O)N4C(OC(=O)O)=C(CSc5cn[nH]n5)CS[C@@H]24)cn3CC)CC1. The highest BCUT2D eigenvalue weighted by molar-refractivity contribution is 8.01. The van der Waals surface area contributed by atoms with Crippen LogP contribution in [-0.4, -0.2) is 108 Å². The first kappa shape index (κ1) is 30.9. The predicted octanol–water partition coefficient (Wildman–Crippen LogP) is 2.13. The van der Waals surface area contributed by atoms with Crippen molar-refractivity contribution < 1.29 is 28.6 Å². The highest BCUT2D eigenvalue weighted by atomic mass is 32.2. The molecule has 2 amide bonds. The van der Waals surface area contributed by atoms with Crippen LogP contribution in [0.4, 0.5) is 14.9 Å². The lowest BCUT2D eigenvalue weighted by atomic mass is 10.0. The molecule has 17 heteroatoms. The Balaban J connectivity index is 1.22. The van der Waals surface area contributed by atoms with Gasteiger partial charge in [-0.05, 0) is 25.6 Å². The number of nitrogens with zero attached hydrogens (tertiary/aromatic N) is 6. The summed E-state index contributed by atoms with van der Waals surface area (Å²) in [5, 5.41) is 22.2. The van der Waals surface area contributed by atoms with Gasteiger partial charge in [-0.1, -0.05) is 18.7 Å². The van der Waals surface area contributed by atoms with Gasteiger partial charge in [0.2, 0.25) is 11.3 Å². The summed E-state index contributed by atoms with van der Waals surface area (Å²) in [7, 11) is 0. The minimum Gasteiger partial charge on any atom is -0.449 e. The van der Waals surface area contributed by atoms with E-state index in [0.717, 1.165) is 19.6 Å². The number of ether oxygens (including phenoxy) is 1. The number of piperazine rings is 1. The third kappa shape index (κ3) is 5.86. The Kier molecular flexibility index (Phi) is 8.74. The molecule has 0 radical (unpaired) electrons. The average Bonchev–Trinajstić information content (AvgIpc) is 3.56. The van der Waals surface area contributed by atoms with E-state index in [1.54, 1.807) is 10.6 Å². The summed E-state index contributed by atoms with van der Waals surface area (Å²) in [4.78, 5) is 57.1. The minimum atomic E-state index is -1.57. The number of β-lactam (4-membered cyclic amide) rings is 1. The molecule has 3 aromatic rings. The number of aromatic amines is 1. The molecule has 0 saturated carbocycles. The van der Waals surface area contributed by atoms with Gasteiger partial charge in [-0.15, -0.1) is 16.9 Å². The molecule has 6 rings (SSSR count). The molecule has 14 nitrogen and oxygen atoms in total. The van der Waals surface area contributed by atoms with Crippen molar-refractivity contribution in [3.8, 4) is 0 Å². The number of halogens is 1. The van der Waals surface area contributed by atoms with Crippen LogP contribution in [0.25, 0.3) is 10.9 Å². The second-order valence-corrected chi connectivity index (χ2v) is 12.7. The molecule has 3 aliphatic rings. The lowest BCUT2D eigenvalue weighted by Crippen LogP contribution is -2.70. The second kappa shape index (κ2) is 12.7. The fraction of sp³-hybridized carbons (Fsp3) is 0.429. The normalized spacial score (nSPS) is 20.3. The van der Waals surface area contributed by atoms with Gasteiger partial charge in [0.15, 0.2) is 0 Å². The van der Waals surface area contributed by atoms with Crippen LogP contribution < -0.4 is 15.6 Å². The van der Waals surface area contributed by atoms with Gasteiger partial charge in [-0.25, -0.2) is 9.18 Å². The molecule has 0 spiro atoms. The summed E-state index contributed by atoms with van der Waals surface area (Å²) in [5.41, 5.74) is 0.632. The topological polar surface area (TPSA) is 166 Å². The van der Waals surface area contributed by atoms with Gasteiger partial charge >= 0.3 is 6.16 Å². The molecular weight excluding hydrogens is 627 g/mol. The van der Waals surface area contributed by atoms with Crippen LogP contribution in [0, 0.1) is 5.82 Å². The van der Waals surface area contributed by atoms with E-state index in [9.17, 15) is 24.3 Å². The van der Waals surface area contributed by atoms with Crippen molar-refractivity contribution in [2.24, 2.45) is 0 Å². The number of aryl methyl sites for hydroxylation is 1. The van der Waals surface area contributed by atoms with Crippen LogP contribution in [0.3, 0.4) is 0 Å². The number of thioether (sulfide) groups is 2. The molecule has 3 N–H and O–H groups in total. The number of amides is 2. The highest BCUT2D eigenvalue weighted by Crippen LogP contribution is 2.42. The largest absolute Gasteiger partial charge is 0.512 e. The predicted molar refractivity (Wildman–Crippen MR) is 166 cm³/mol. The van der Waals surface area contributed by atoms with Crippen molar-refractivity contribution in [1.29, 1.82) is 0 Å². The standard InChI is InChI=1S/C28H31FN8O6S2/c1-3-34-5-7-36(8-6-34)20-10-19-16(9-18(20)29)23(38)17(12-35(19)4-2)24(39)31-22-25(40)37-26(43-28(41)42)15(14-45-27(22)37)13-44-21-11-30-33-32-21/h9-12,22,27H,3-8,13-14H2,1-2H3,(H,31,39)(H,41,42)(H,30,32,33)/t22?,27-/m0/s1. The third-order valence-electron chi connectivity index (χ3n) is 8.14. The van der Waals surface area contributed by atoms with Crippen LogP contribution in [0.5, 0.6) is 0 Å². The number of hydrogen-bond acceptors (Lipinski definition) is 11. The number of nitrogens with one attached hydrogen (secondary N) is 2. The molecule has 5 heterocycles. The monoisotopic (exact) mass is 658 g/mol. The van der Waals surface area contributed by atoms with Gasteiger partial charge in [0.05, 0.1) is 17.4 Å². The average molecular weight is 659 g/mol. The molecule has 2 aromatic heterocycles. The van der Waals surface area contributed by atoms with Crippen molar-refractivity contribution in [2.45, 2.75) is 36.8 Å². The molecular formula is C28H31FN8O6S2.